The van der Waals surface area contributed by atoms with Crippen molar-refractivity contribution in [3.63, 3.8) is 0 Å². The number of hydrogen-bond acceptors (Lipinski definition) is 5. The van der Waals surface area contributed by atoms with Gasteiger partial charge in [-0.05, 0) is 24.3 Å². The van der Waals surface area contributed by atoms with E-state index in [1.807, 2.05) is 23.7 Å². The van der Waals surface area contributed by atoms with Crippen molar-refractivity contribution in [2.24, 2.45) is 7.05 Å². The van der Waals surface area contributed by atoms with E-state index in [2.05, 4.69) is 15.2 Å². The molecule has 0 fully saturated rings. The van der Waals surface area contributed by atoms with Crippen molar-refractivity contribution in [2.45, 2.75) is 11.8 Å². The molecular weight excluding hydrogens is 348 g/mol. The number of hydrogen-bond donors (Lipinski definition) is 1. The molecule has 2 aromatic heterocycles. The van der Waals surface area contributed by atoms with Crippen LogP contribution in [0.5, 0.6) is 5.75 Å². The molecule has 0 spiro atoms. The Balaban J connectivity index is 1.59. The van der Waals surface area contributed by atoms with Crippen LogP contribution >= 0.6 is 23.4 Å². The molecule has 0 radical (unpaired) electrons. The number of carbonyl (C=O) groups is 1. The van der Waals surface area contributed by atoms with Crippen molar-refractivity contribution in [3.8, 4) is 5.75 Å². The number of nitrogens with zero attached hydrogens (tertiary/aromatic N) is 3. The summed E-state index contributed by atoms with van der Waals surface area (Å²) in [5, 5.41) is 9.42. The smallest absolute Gasteiger partial charge is 0.191 e. The van der Waals surface area contributed by atoms with E-state index < -0.39 is 0 Å². The van der Waals surface area contributed by atoms with Crippen LogP contribution in [0.2, 0.25) is 5.02 Å². The zero-order valence-corrected chi connectivity index (χ0v) is 14.5. The summed E-state index contributed by atoms with van der Waals surface area (Å²) in [7, 11) is 1.84. The van der Waals surface area contributed by atoms with Gasteiger partial charge in [0.05, 0.1) is 16.5 Å². The Bertz CT molecular complexity index is 832. The van der Waals surface area contributed by atoms with Crippen molar-refractivity contribution < 1.29 is 9.53 Å². The number of rotatable bonds is 7. The summed E-state index contributed by atoms with van der Waals surface area (Å²) in [5.41, 5.74) is 0.590. The Morgan fingerprint density at radius 2 is 2.12 bits per heavy atom. The monoisotopic (exact) mass is 362 g/mol. The molecule has 124 valence electrons. The van der Waals surface area contributed by atoms with Gasteiger partial charge in [0.15, 0.2) is 16.8 Å². The number of nitrogens with one attached hydrogen (secondary N) is 1. The predicted molar refractivity (Wildman–Crippen MR) is 92.6 cm³/mol. The molecule has 0 saturated heterocycles. The molecule has 0 aliphatic heterocycles. The number of aromatic nitrogens is 4. The summed E-state index contributed by atoms with van der Waals surface area (Å²) in [5.74, 6) is 1.56. The number of Topliss-reactive ketones (excluding diaryl/α,β-unsaturated/α-hetero) is 1. The van der Waals surface area contributed by atoms with Crippen molar-refractivity contribution in [1.82, 2.24) is 19.7 Å². The van der Waals surface area contributed by atoms with Crippen molar-refractivity contribution in [3.05, 3.63) is 59.1 Å². The highest BCUT2D eigenvalue weighted by Gasteiger charge is 2.13. The van der Waals surface area contributed by atoms with E-state index in [9.17, 15) is 4.79 Å². The minimum atomic E-state index is 0.0156. The van der Waals surface area contributed by atoms with E-state index in [1.54, 1.807) is 30.5 Å². The molecule has 0 amide bonds. The van der Waals surface area contributed by atoms with Crippen LogP contribution in [-0.2, 0) is 13.7 Å². The van der Waals surface area contributed by atoms with E-state index >= 15 is 0 Å². The molecular formula is C16H15ClN4O2S. The number of carbonyl (C=O) groups excluding carboxylic acids is 1. The minimum absolute atomic E-state index is 0.0156. The third-order valence-corrected chi connectivity index (χ3v) is 4.68. The average Bonchev–Trinajstić information content (AvgIpc) is 3.23. The number of halogens is 1. The highest BCUT2D eigenvalue weighted by Crippen LogP contribution is 2.24. The average molecular weight is 363 g/mol. The number of thioether (sulfide) groups is 1. The van der Waals surface area contributed by atoms with Gasteiger partial charge in [0, 0.05) is 13.2 Å². The Labute approximate surface area is 148 Å². The molecule has 3 aromatic rings. The molecule has 6 nitrogen and oxygen atoms in total. The minimum Gasteiger partial charge on any atom is -0.484 e. The van der Waals surface area contributed by atoms with Crippen molar-refractivity contribution >= 4 is 29.1 Å². The third-order valence-electron chi connectivity index (χ3n) is 3.35. The van der Waals surface area contributed by atoms with Crippen LogP contribution in [0.25, 0.3) is 0 Å². The van der Waals surface area contributed by atoms with Gasteiger partial charge in [-0.25, -0.2) is 0 Å². The maximum Gasteiger partial charge on any atom is 0.191 e. The number of ketones is 1. The van der Waals surface area contributed by atoms with Crippen LogP contribution in [-0.4, -0.2) is 31.3 Å². The van der Waals surface area contributed by atoms with Gasteiger partial charge in [-0.2, -0.15) is 0 Å². The summed E-state index contributed by atoms with van der Waals surface area (Å²) >= 11 is 7.39. The lowest BCUT2D eigenvalue weighted by Gasteiger charge is -2.07. The highest BCUT2D eigenvalue weighted by atomic mass is 35.5. The van der Waals surface area contributed by atoms with Crippen LogP contribution in [0.3, 0.4) is 0 Å². The second-order valence-corrected chi connectivity index (χ2v) is 6.32. The van der Waals surface area contributed by atoms with E-state index in [-0.39, 0.29) is 18.1 Å². The van der Waals surface area contributed by atoms with E-state index in [0.717, 1.165) is 0 Å². The maximum absolute atomic E-state index is 12.0. The fourth-order valence-corrected chi connectivity index (χ4v) is 3.02. The van der Waals surface area contributed by atoms with E-state index in [0.29, 0.717) is 27.4 Å². The third kappa shape index (κ3) is 3.80. The van der Waals surface area contributed by atoms with Crippen molar-refractivity contribution in [2.75, 3.05) is 5.75 Å². The first-order valence-electron chi connectivity index (χ1n) is 7.20. The lowest BCUT2D eigenvalue weighted by Crippen LogP contribution is -2.06. The molecule has 8 heteroatoms. The molecule has 0 aliphatic rings. The van der Waals surface area contributed by atoms with Gasteiger partial charge in [0.2, 0.25) is 0 Å². The summed E-state index contributed by atoms with van der Waals surface area (Å²) in [6.07, 6.45) is 1.73. The molecule has 0 unspecified atom stereocenters. The van der Waals surface area contributed by atoms with E-state index in [1.165, 1.54) is 11.8 Å². The van der Waals surface area contributed by atoms with Gasteiger partial charge in [0.1, 0.15) is 12.4 Å². The standard InChI is InChI=1S/C16H15ClN4O2S/c1-21-15(9-23-14-7-3-2-5-11(14)17)19-20-16(21)24-10-13(22)12-6-4-8-18-12/h2-8,18H,9-10H2,1H3. The maximum atomic E-state index is 12.0. The molecule has 0 saturated carbocycles. The first kappa shape index (κ1) is 16.6. The lowest BCUT2D eigenvalue weighted by atomic mass is 10.3. The van der Waals surface area contributed by atoms with E-state index in [4.69, 9.17) is 16.3 Å². The van der Waals surface area contributed by atoms with Gasteiger partial charge < -0.3 is 14.3 Å². The highest BCUT2D eigenvalue weighted by molar-refractivity contribution is 7.99. The van der Waals surface area contributed by atoms with Crippen LogP contribution in [0, 0.1) is 0 Å². The fourth-order valence-electron chi connectivity index (χ4n) is 2.01. The molecule has 3 rings (SSSR count). The summed E-state index contributed by atoms with van der Waals surface area (Å²) in [6, 6.07) is 10.8. The van der Waals surface area contributed by atoms with Gasteiger partial charge in [-0.15, -0.1) is 10.2 Å². The molecule has 1 N–H and O–H groups in total. The first-order chi connectivity index (χ1) is 11.6. The molecule has 24 heavy (non-hydrogen) atoms. The molecule has 1 aromatic carbocycles. The number of aromatic amines is 1. The molecule has 0 aliphatic carbocycles. The fraction of sp³-hybridized carbons (Fsp3) is 0.188. The molecule has 2 heterocycles. The second kappa shape index (κ2) is 7.55. The Morgan fingerprint density at radius 3 is 2.88 bits per heavy atom. The zero-order chi connectivity index (χ0) is 16.9. The summed E-state index contributed by atoms with van der Waals surface area (Å²) < 4.78 is 7.47. The Kier molecular flexibility index (Phi) is 5.22. The SMILES string of the molecule is Cn1c(COc2ccccc2Cl)nnc1SCC(=O)c1ccc[nH]1. The second-order valence-electron chi connectivity index (χ2n) is 4.97. The normalized spacial score (nSPS) is 10.8. The van der Waals surface area contributed by atoms with Gasteiger partial charge in [-0.3, -0.25) is 4.79 Å². The zero-order valence-electron chi connectivity index (χ0n) is 12.9. The lowest BCUT2D eigenvalue weighted by molar-refractivity contribution is 0.101. The van der Waals surface area contributed by atoms with Crippen molar-refractivity contribution in [1.29, 1.82) is 0 Å². The first-order valence-corrected chi connectivity index (χ1v) is 8.56. The van der Waals surface area contributed by atoms with Crippen LogP contribution < -0.4 is 4.74 Å². The number of benzene rings is 1. The number of para-hydroxylation sites is 1. The topological polar surface area (TPSA) is 72.8 Å². The van der Waals surface area contributed by atoms with Gasteiger partial charge in [0.25, 0.3) is 0 Å². The van der Waals surface area contributed by atoms with Crippen LogP contribution in [0.15, 0.2) is 47.8 Å². The summed E-state index contributed by atoms with van der Waals surface area (Å²) in [4.78, 5) is 14.9. The number of ether oxygens (including phenoxy) is 1. The largest absolute Gasteiger partial charge is 0.484 e. The van der Waals surface area contributed by atoms with Gasteiger partial charge >= 0.3 is 0 Å². The number of H-pyrrole nitrogens is 1. The summed E-state index contributed by atoms with van der Waals surface area (Å²) in [6.45, 7) is 0.248. The molecule has 0 atom stereocenters. The van der Waals surface area contributed by atoms with Gasteiger partial charge in [-0.1, -0.05) is 35.5 Å². The van der Waals surface area contributed by atoms with Crippen LogP contribution in [0.1, 0.15) is 16.3 Å². The predicted octanol–water partition coefficient (Wildman–Crippen LogP) is 3.35. The molecule has 0 bridgehead atoms. The quantitative estimate of drug-likeness (QED) is 0.515. The Morgan fingerprint density at radius 1 is 1.29 bits per heavy atom. The van der Waals surface area contributed by atoms with Crippen LogP contribution in [0.4, 0.5) is 0 Å². The Hall–Kier alpha value is -2.25.